The molecule has 2 fully saturated rings. The Morgan fingerprint density at radius 3 is 2.66 bits per heavy atom. The number of aryl methyl sites for hydroxylation is 1. The number of para-hydroxylation sites is 1. The lowest BCUT2D eigenvalue weighted by Crippen LogP contribution is -2.37. The zero-order valence-corrected chi connectivity index (χ0v) is 18.4. The predicted molar refractivity (Wildman–Crippen MR) is 123 cm³/mol. The summed E-state index contributed by atoms with van der Waals surface area (Å²) in [5, 5.41) is 1.07. The molecular formula is C22H25N3O2S2. The van der Waals surface area contributed by atoms with Crippen LogP contribution in [0.3, 0.4) is 0 Å². The van der Waals surface area contributed by atoms with Gasteiger partial charge in [0.15, 0.2) is 0 Å². The van der Waals surface area contributed by atoms with E-state index < -0.39 is 0 Å². The lowest BCUT2D eigenvalue weighted by atomic mass is 10.1. The molecule has 152 valence electrons. The van der Waals surface area contributed by atoms with Gasteiger partial charge in [0.1, 0.15) is 10.9 Å². The molecule has 0 unspecified atom stereocenters. The summed E-state index contributed by atoms with van der Waals surface area (Å²) in [6.07, 6.45) is 8.18. The first kappa shape index (κ1) is 20.2. The van der Waals surface area contributed by atoms with Crippen molar-refractivity contribution in [1.29, 1.82) is 0 Å². The van der Waals surface area contributed by atoms with Crippen LogP contribution in [0.1, 0.15) is 37.3 Å². The second-order valence-electron chi connectivity index (χ2n) is 7.56. The number of hydrogen-bond acceptors (Lipinski definition) is 4. The molecule has 0 N–H and O–H groups in total. The first-order chi connectivity index (χ1) is 14.0. The van der Waals surface area contributed by atoms with Gasteiger partial charge in [-0.15, -0.1) is 0 Å². The number of thiocarbonyl (C=S) groups is 1. The van der Waals surface area contributed by atoms with E-state index in [1.807, 2.05) is 23.2 Å². The fourth-order valence-electron chi connectivity index (χ4n) is 4.07. The molecule has 0 bridgehead atoms. The summed E-state index contributed by atoms with van der Waals surface area (Å²) in [5.74, 6) is 0.0934. The number of likely N-dealkylation sites (N-methyl/N-ethyl adjacent to an activating group) is 1. The van der Waals surface area contributed by atoms with Crippen LogP contribution in [0.2, 0.25) is 0 Å². The predicted octanol–water partition coefficient (Wildman–Crippen LogP) is 4.05. The summed E-state index contributed by atoms with van der Waals surface area (Å²) in [7, 11) is 1.70. The van der Waals surface area contributed by atoms with Gasteiger partial charge >= 0.3 is 0 Å². The highest BCUT2D eigenvalue weighted by Gasteiger charge is 2.29. The number of likely N-dealkylation sites (tertiary alicyclic amines) is 1. The van der Waals surface area contributed by atoms with E-state index in [9.17, 15) is 9.59 Å². The van der Waals surface area contributed by atoms with Gasteiger partial charge in [-0.1, -0.05) is 49.1 Å². The number of nitrogens with zero attached hydrogens (tertiary/aromatic N) is 3. The molecule has 0 saturated carbocycles. The molecule has 2 aliphatic rings. The first-order valence-corrected chi connectivity index (χ1v) is 11.3. The second-order valence-corrected chi connectivity index (χ2v) is 9.24. The van der Waals surface area contributed by atoms with Crippen molar-refractivity contribution in [3.8, 4) is 0 Å². The van der Waals surface area contributed by atoms with Gasteiger partial charge in [-0.25, -0.2) is 0 Å². The van der Waals surface area contributed by atoms with Gasteiger partial charge < -0.3 is 9.47 Å². The SMILES string of the molecule is CCc1cccc2c(/C=C3\SC(=S)N(C)C3=O)cn(CC(=O)N3CCCCC3)c12. The monoisotopic (exact) mass is 427 g/mol. The van der Waals surface area contributed by atoms with E-state index in [1.54, 1.807) is 7.05 Å². The van der Waals surface area contributed by atoms with Crippen LogP contribution >= 0.6 is 24.0 Å². The van der Waals surface area contributed by atoms with Crippen molar-refractivity contribution in [2.75, 3.05) is 20.1 Å². The van der Waals surface area contributed by atoms with Crippen molar-refractivity contribution in [2.45, 2.75) is 39.2 Å². The van der Waals surface area contributed by atoms with Gasteiger partial charge in [-0.2, -0.15) is 0 Å². The highest BCUT2D eigenvalue weighted by molar-refractivity contribution is 8.26. The molecule has 4 rings (SSSR count). The van der Waals surface area contributed by atoms with E-state index in [0.717, 1.165) is 48.8 Å². The molecule has 0 radical (unpaired) electrons. The zero-order chi connectivity index (χ0) is 20.5. The van der Waals surface area contributed by atoms with Crippen LogP contribution in [0.5, 0.6) is 0 Å². The van der Waals surface area contributed by atoms with Crippen LogP contribution in [0, 0.1) is 0 Å². The van der Waals surface area contributed by atoms with Crippen molar-refractivity contribution in [2.24, 2.45) is 0 Å². The van der Waals surface area contributed by atoms with E-state index >= 15 is 0 Å². The molecule has 1 aromatic heterocycles. The number of amides is 2. The average Bonchev–Trinajstić information content (AvgIpc) is 3.21. The van der Waals surface area contributed by atoms with E-state index in [2.05, 4.69) is 23.6 Å². The third kappa shape index (κ3) is 3.85. The molecule has 2 aromatic rings. The fourth-order valence-corrected chi connectivity index (χ4v) is 5.24. The van der Waals surface area contributed by atoms with E-state index in [4.69, 9.17) is 12.2 Å². The summed E-state index contributed by atoms with van der Waals surface area (Å²) in [4.78, 5) is 29.5. The van der Waals surface area contributed by atoms with Gasteiger partial charge in [-0.3, -0.25) is 14.5 Å². The normalized spacial score (nSPS) is 19.0. The number of rotatable bonds is 4. The zero-order valence-electron chi connectivity index (χ0n) is 16.8. The van der Waals surface area contributed by atoms with Gasteiger partial charge in [0.2, 0.25) is 5.91 Å². The Labute approximate surface area is 180 Å². The number of carbonyl (C=O) groups is 2. The van der Waals surface area contributed by atoms with Crippen LogP contribution in [-0.4, -0.2) is 50.6 Å². The topological polar surface area (TPSA) is 45.6 Å². The molecule has 0 aliphatic carbocycles. The Kier molecular flexibility index (Phi) is 5.79. The molecule has 5 nitrogen and oxygen atoms in total. The maximum atomic E-state index is 12.9. The molecule has 3 heterocycles. The highest BCUT2D eigenvalue weighted by Crippen LogP contribution is 2.34. The summed E-state index contributed by atoms with van der Waals surface area (Å²) >= 11 is 6.58. The van der Waals surface area contributed by atoms with Crippen molar-refractivity contribution >= 4 is 57.1 Å². The van der Waals surface area contributed by atoms with Gasteiger partial charge in [0.05, 0.1) is 10.4 Å². The standard InChI is InChI=1S/C22H25N3O2S2/c1-3-15-8-7-9-17-16(12-18-21(27)23(2)22(28)29-18)13-25(20(15)17)14-19(26)24-10-5-4-6-11-24/h7-9,12-13H,3-6,10-11,14H2,1-2H3/b18-12-. The Morgan fingerprint density at radius 2 is 2.00 bits per heavy atom. The summed E-state index contributed by atoms with van der Waals surface area (Å²) in [5.41, 5.74) is 3.24. The number of carbonyl (C=O) groups excluding carboxylic acids is 2. The molecule has 0 atom stereocenters. The van der Waals surface area contributed by atoms with Crippen molar-refractivity contribution < 1.29 is 9.59 Å². The molecule has 7 heteroatoms. The molecule has 2 aliphatic heterocycles. The van der Waals surface area contributed by atoms with Gasteiger partial charge in [0.25, 0.3) is 5.91 Å². The third-order valence-electron chi connectivity index (χ3n) is 5.68. The number of hydrogen-bond donors (Lipinski definition) is 0. The smallest absolute Gasteiger partial charge is 0.265 e. The minimum Gasteiger partial charge on any atom is -0.341 e. The van der Waals surface area contributed by atoms with Gasteiger partial charge in [0, 0.05) is 37.3 Å². The van der Waals surface area contributed by atoms with E-state index in [1.165, 1.54) is 28.6 Å². The number of aromatic nitrogens is 1. The maximum absolute atomic E-state index is 12.9. The molecule has 2 saturated heterocycles. The summed E-state index contributed by atoms with van der Waals surface area (Å²) < 4.78 is 2.63. The van der Waals surface area contributed by atoms with Crippen molar-refractivity contribution in [3.05, 3.63) is 40.4 Å². The van der Waals surface area contributed by atoms with Crippen LogP contribution < -0.4 is 0 Å². The number of piperidine rings is 1. The lowest BCUT2D eigenvalue weighted by molar-refractivity contribution is -0.132. The molecular weight excluding hydrogens is 402 g/mol. The molecule has 0 spiro atoms. The molecule has 29 heavy (non-hydrogen) atoms. The molecule has 2 amide bonds. The minimum atomic E-state index is -0.0723. The molecule has 1 aromatic carbocycles. The fraction of sp³-hybridized carbons (Fsp3) is 0.409. The van der Waals surface area contributed by atoms with E-state index in [-0.39, 0.29) is 11.8 Å². The number of thioether (sulfide) groups is 1. The maximum Gasteiger partial charge on any atom is 0.265 e. The quantitative estimate of drug-likeness (QED) is 0.546. The number of benzene rings is 1. The van der Waals surface area contributed by atoms with Crippen LogP contribution in [0.4, 0.5) is 0 Å². The largest absolute Gasteiger partial charge is 0.341 e. The minimum absolute atomic E-state index is 0.0723. The van der Waals surface area contributed by atoms with E-state index in [0.29, 0.717) is 15.8 Å². The van der Waals surface area contributed by atoms with Crippen LogP contribution in [-0.2, 0) is 22.6 Å². The highest BCUT2D eigenvalue weighted by atomic mass is 32.2. The first-order valence-electron chi connectivity index (χ1n) is 10.1. The van der Waals surface area contributed by atoms with Crippen LogP contribution in [0.15, 0.2) is 29.3 Å². The second kappa shape index (κ2) is 8.32. The average molecular weight is 428 g/mol. The lowest BCUT2D eigenvalue weighted by Gasteiger charge is -2.27. The third-order valence-corrected chi connectivity index (χ3v) is 7.17. The number of fused-ring (bicyclic) bond motifs is 1. The van der Waals surface area contributed by atoms with Crippen LogP contribution in [0.25, 0.3) is 17.0 Å². The van der Waals surface area contributed by atoms with Crippen molar-refractivity contribution in [1.82, 2.24) is 14.4 Å². The Balaban J connectivity index is 1.74. The Hall–Kier alpha value is -2.12. The Bertz CT molecular complexity index is 1020. The van der Waals surface area contributed by atoms with Gasteiger partial charge in [-0.05, 0) is 37.3 Å². The summed E-state index contributed by atoms with van der Waals surface area (Å²) in [6, 6.07) is 6.22. The Morgan fingerprint density at radius 1 is 1.24 bits per heavy atom. The van der Waals surface area contributed by atoms with Crippen molar-refractivity contribution in [3.63, 3.8) is 0 Å². The summed E-state index contributed by atoms with van der Waals surface area (Å²) in [6.45, 7) is 4.16.